The maximum absolute atomic E-state index is 12.7. The van der Waals surface area contributed by atoms with E-state index < -0.39 is 0 Å². The van der Waals surface area contributed by atoms with Gasteiger partial charge in [0.2, 0.25) is 0 Å². The van der Waals surface area contributed by atoms with Gasteiger partial charge in [-0.3, -0.25) is 4.79 Å². The maximum atomic E-state index is 12.7. The summed E-state index contributed by atoms with van der Waals surface area (Å²) in [5, 5.41) is 0. The topological polar surface area (TPSA) is 51.3 Å². The molecule has 118 valence electrons. The molecule has 2 N–H and O–H groups in total. The van der Waals surface area contributed by atoms with Crippen molar-refractivity contribution in [1.82, 2.24) is 9.47 Å². The van der Waals surface area contributed by atoms with Crippen LogP contribution >= 0.6 is 0 Å². The van der Waals surface area contributed by atoms with Crippen molar-refractivity contribution in [2.24, 2.45) is 5.73 Å². The summed E-state index contributed by atoms with van der Waals surface area (Å²) in [5.41, 5.74) is 10.7. The highest BCUT2D eigenvalue weighted by Gasteiger charge is 2.22. The second kappa shape index (κ2) is 6.36. The van der Waals surface area contributed by atoms with Gasteiger partial charge in [-0.25, -0.2) is 0 Å². The van der Waals surface area contributed by atoms with Crippen LogP contribution in [0.15, 0.2) is 30.3 Å². The lowest BCUT2D eigenvalue weighted by Gasteiger charge is -2.23. The summed E-state index contributed by atoms with van der Waals surface area (Å²) in [7, 11) is 1.81. The number of nitrogens with two attached hydrogens (primary N) is 1. The van der Waals surface area contributed by atoms with Gasteiger partial charge in [0.25, 0.3) is 5.91 Å². The predicted molar refractivity (Wildman–Crippen MR) is 90.6 cm³/mol. The zero-order valence-corrected chi connectivity index (χ0v) is 14.1. The van der Waals surface area contributed by atoms with Gasteiger partial charge in [0, 0.05) is 36.7 Å². The lowest BCUT2D eigenvalue weighted by molar-refractivity contribution is 0.0747. The number of rotatable bonds is 4. The predicted octanol–water partition coefficient (Wildman–Crippen LogP) is 2.82. The maximum Gasteiger partial charge on any atom is 0.255 e. The third-order valence-corrected chi connectivity index (χ3v) is 4.34. The monoisotopic (exact) mass is 299 g/mol. The Morgan fingerprint density at radius 1 is 1.27 bits per heavy atom. The fraction of sp³-hybridized carbons (Fsp3) is 0.389. The van der Waals surface area contributed by atoms with E-state index in [4.69, 9.17) is 5.73 Å². The van der Waals surface area contributed by atoms with Crippen LogP contribution in [0.25, 0.3) is 5.69 Å². The van der Waals surface area contributed by atoms with E-state index in [9.17, 15) is 4.79 Å². The molecule has 0 aliphatic heterocycles. The zero-order valence-electron chi connectivity index (χ0n) is 14.1. The van der Waals surface area contributed by atoms with Crippen LogP contribution in [0.5, 0.6) is 0 Å². The van der Waals surface area contributed by atoms with E-state index in [0.717, 1.165) is 22.6 Å². The van der Waals surface area contributed by atoms with E-state index in [1.807, 2.05) is 39.0 Å². The van der Waals surface area contributed by atoms with Gasteiger partial charge in [-0.05, 0) is 45.4 Å². The van der Waals surface area contributed by atoms with Crippen molar-refractivity contribution in [2.45, 2.75) is 33.7 Å². The lowest BCUT2D eigenvalue weighted by atomic mass is 10.1. The molecule has 1 aromatic heterocycles. The van der Waals surface area contributed by atoms with Gasteiger partial charge < -0.3 is 15.2 Å². The second-order valence-corrected chi connectivity index (χ2v) is 5.91. The zero-order chi connectivity index (χ0) is 16.4. The first-order chi connectivity index (χ1) is 10.4. The standard InChI is InChI=1S/C18H25N3O/c1-12-8-6-7-9-17(12)21-13(2)10-16(15(21)4)18(22)20(5)14(3)11-19/h6-10,14H,11,19H2,1-5H3. The number of likely N-dealkylation sites (N-methyl/N-ethyl adjacent to an activating group) is 1. The molecular formula is C18H25N3O. The Morgan fingerprint density at radius 2 is 1.91 bits per heavy atom. The number of benzene rings is 1. The highest BCUT2D eigenvalue weighted by molar-refractivity contribution is 5.96. The van der Waals surface area contributed by atoms with Gasteiger partial charge in [-0.1, -0.05) is 18.2 Å². The fourth-order valence-corrected chi connectivity index (χ4v) is 2.71. The third kappa shape index (κ3) is 2.79. The molecular weight excluding hydrogens is 274 g/mol. The Bertz CT molecular complexity index is 688. The number of carbonyl (C=O) groups excluding carboxylic acids is 1. The molecule has 22 heavy (non-hydrogen) atoms. The summed E-state index contributed by atoms with van der Waals surface area (Å²) < 4.78 is 2.14. The smallest absolute Gasteiger partial charge is 0.255 e. The van der Waals surface area contributed by atoms with Gasteiger partial charge in [0.05, 0.1) is 5.56 Å². The van der Waals surface area contributed by atoms with Crippen molar-refractivity contribution in [3.05, 3.63) is 52.8 Å². The molecule has 0 radical (unpaired) electrons. The number of nitrogens with zero attached hydrogens (tertiary/aromatic N) is 2. The van der Waals surface area contributed by atoms with Crippen LogP contribution in [-0.2, 0) is 0 Å². The minimum Gasteiger partial charge on any atom is -0.338 e. The summed E-state index contributed by atoms with van der Waals surface area (Å²) >= 11 is 0. The molecule has 0 spiro atoms. The quantitative estimate of drug-likeness (QED) is 0.944. The average Bonchev–Trinajstić information content (AvgIpc) is 2.80. The number of amides is 1. The third-order valence-electron chi connectivity index (χ3n) is 4.34. The number of aryl methyl sites for hydroxylation is 2. The number of hydrogen-bond donors (Lipinski definition) is 1. The molecule has 1 amide bonds. The molecule has 0 saturated heterocycles. The van der Waals surface area contributed by atoms with E-state index in [1.54, 1.807) is 11.9 Å². The molecule has 1 aromatic carbocycles. The van der Waals surface area contributed by atoms with Crippen LogP contribution in [0.4, 0.5) is 0 Å². The van der Waals surface area contributed by atoms with Crippen molar-refractivity contribution in [3.63, 3.8) is 0 Å². The number of carbonyl (C=O) groups is 1. The summed E-state index contributed by atoms with van der Waals surface area (Å²) in [5.74, 6) is 0.0193. The SMILES string of the molecule is Cc1ccccc1-n1c(C)cc(C(=O)N(C)C(C)CN)c1C. The Kier molecular flexibility index (Phi) is 4.71. The molecule has 0 aliphatic carbocycles. The van der Waals surface area contributed by atoms with E-state index in [1.165, 1.54) is 5.56 Å². The van der Waals surface area contributed by atoms with Crippen LogP contribution in [-0.4, -0.2) is 35.0 Å². The van der Waals surface area contributed by atoms with Gasteiger partial charge in [0.15, 0.2) is 0 Å². The van der Waals surface area contributed by atoms with Gasteiger partial charge in [0.1, 0.15) is 0 Å². The van der Waals surface area contributed by atoms with Crippen molar-refractivity contribution in [3.8, 4) is 5.69 Å². The molecule has 2 rings (SSSR count). The van der Waals surface area contributed by atoms with E-state index in [0.29, 0.717) is 6.54 Å². The highest BCUT2D eigenvalue weighted by Crippen LogP contribution is 2.24. The van der Waals surface area contributed by atoms with Gasteiger partial charge >= 0.3 is 0 Å². The molecule has 1 heterocycles. The number of aromatic nitrogens is 1. The highest BCUT2D eigenvalue weighted by atomic mass is 16.2. The summed E-state index contributed by atoms with van der Waals surface area (Å²) in [6.07, 6.45) is 0. The molecule has 0 aliphatic rings. The van der Waals surface area contributed by atoms with Crippen LogP contribution in [0.3, 0.4) is 0 Å². The second-order valence-electron chi connectivity index (χ2n) is 5.91. The fourth-order valence-electron chi connectivity index (χ4n) is 2.71. The van der Waals surface area contributed by atoms with Crippen LogP contribution in [0.1, 0.15) is 34.2 Å². The molecule has 0 fully saturated rings. The van der Waals surface area contributed by atoms with Crippen LogP contribution in [0.2, 0.25) is 0 Å². The van der Waals surface area contributed by atoms with Gasteiger partial charge in [-0.15, -0.1) is 0 Å². The first-order valence-corrected chi connectivity index (χ1v) is 7.60. The van der Waals surface area contributed by atoms with Gasteiger partial charge in [-0.2, -0.15) is 0 Å². The Balaban J connectivity index is 2.48. The molecule has 1 unspecified atom stereocenters. The minimum atomic E-state index is 0.0193. The summed E-state index contributed by atoms with van der Waals surface area (Å²) in [6.45, 7) is 8.52. The van der Waals surface area contributed by atoms with Crippen molar-refractivity contribution in [2.75, 3.05) is 13.6 Å². The molecule has 4 nitrogen and oxygen atoms in total. The average molecular weight is 299 g/mol. The lowest BCUT2D eigenvalue weighted by Crippen LogP contribution is -2.39. The van der Waals surface area contributed by atoms with E-state index >= 15 is 0 Å². The normalized spacial score (nSPS) is 12.3. The Morgan fingerprint density at radius 3 is 2.50 bits per heavy atom. The summed E-state index contributed by atoms with van der Waals surface area (Å²) in [6, 6.07) is 10.2. The number of para-hydroxylation sites is 1. The van der Waals surface area contributed by atoms with Crippen molar-refractivity contribution < 1.29 is 4.79 Å². The van der Waals surface area contributed by atoms with E-state index in [-0.39, 0.29) is 11.9 Å². The van der Waals surface area contributed by atoms with E-state index in [2.05, 4.69) is 23.6 Å². The largest absolute Gasteiger partial charge is 0.338 e. The first-order valence-electron chi connectivity index (χ1n) is 7.60. The molecule has 0 saturated carbocycles. The number of hydrogen-bond acceptors (Lipinski definition) is 2. The van der Waals surface area contributed by atoms with Crippen molar-refractivity contribution >= 4 is 5.91 Å². The van der Waals surface area contributed by atoms with Crippen molar-refractivity contribution in [1.29, 1.82) is 0 Å². The molecule has 4 heteroatoms. The Labute approximate surface area is 132 Å². The molecule has 1 atom stereocenters. The summed E-state index contributed by atoms with van der Waals surface area (Å²) in [4.78, 5) is 14.4. The molecule has 2 aromatic rings. The van der Waals surface area contributed by atoms with Crippen LogP contribution in [0, 0.1) is 20.8 Å². The van der Waals surface area contributed by atoms with Crippen LogP contribution < -0.4 is 5.73 Å². The first kappa shape index (κ1) is 16.3. The minimum absolute atomic E-state index is 0.0193. The Hall–Kier alpha value is -2.07. The molecule has 0 bridgehead atoms.